The Balaban J connectivity index is 1.48. The summed E-state index contributed by atoms with van der Waals surface area (Å²) in [6, 6.07) is 13.9. The van der Waals surface area contributed by atoms with Crippen molar-refractivity contribution in [2.75, 3.05) is 0 Å². The summed E-state index contributed by atoms with van der Waals surface area (Å²) in [5.74, 6) is 1.39. The van der Waals surface area contributed by atoms with Gasteiger partial charge in [-0.25, -0.2) is 4.98 Å². The van der Waals surface area contributed by atoms with Crippen molar-refractivity contribution in [1.29, 1.82) is 5.26 Å². The summed E-state index contributed by atoms with van der Waals surface area (Å²) in [5, 5.41) is 17.3. The Hall–Kier alpha value is -3.59. The van der Waals surface area contributed by atoms with Crippen LogP contribution in [0.1, 0.15) is 29.2 Å². The molecule has 2 heterocycles. The molecule has 0 bridgehead atoms. The molecule has 26 heavy (non-hydrogen) atoms. The van der Waals surface area contributed by atoms with Crippen molar-refractivity contribution in [2.45, 2.75) is 18.9 Å². The number of nitrogens with one attached hydrogen (secondary N) is 1. The van der Waals surface area contributed by atoms with Gasteiger partial charge in [0.15, 0.2) is 12.2 Å². The number of hydrogen-bond acceptors (Lipinski definition) is 5. The number of aromatic amines is 1. The molecule has 0 aliphatic heterocycles. The molecule has 1 aliphatic carbocycles. The van der Waals surface area contributed by atoms with Crippen LogP contribution in [-0.2, 0) is 6.42 Å². The average Bonchev–Trinajstić information content (AvgIpc) is 3.40. The highest BCUT2D eigenvalue weighted by molar-refractivity contribution is 5.92. The van der Waals surface area contributed by atoms with E-state index in [1.165, 1.54) is 12.0 Å². The molecule has 0 fully saturated rings. The minimum absolute atomic E-state index is 0.00387. The van der Waals surface area contributed by atoms with Gasteiger partial charge in [-0.2, -0.15) is 10.4 Å². The van der Waals surface area contributed by atoms with E-state index in [-0.39, 0.29) is 6.10 Å². The number of nitrogens with zero attached hydrogens (tertiary/aromatic N) is 3. The van der Waals surface area contributed by atoms with Gasteiger partial charge in [0.25, 0.3) is 0 Å². The lowest BCUT2D eigenvalue weighted by molar-refractivity contribution is 0.208. The van der Waals surface area contributed by atoms with Gasteiger partial charge < -0.3 is 9.15 Å². The fourth-order valence-electron chi connectivity index (χ4n) is 3.52. The van der Waals surface area contributed by atoms with E-state index in [2.05, 4.69) is 21.3 Å². The third-order valence-corrected chi connectivity index (χ3v) is 4.77. The second-order valence-electron chi connectivity index (χ2n) is 6.32. The summed E-state index contributed by atoms with van der Waals surface area (Å²) >= 11 is 0. The summed E-state index contributed by atoms with van der Waals surface area (Å²) in [6.45, 7) is 0. The maximum atomic E-state index is 9.05. The Labute approximate surface area is 149 Å². The first-order valence-electron chi connectivity index (χ1n) is 8.38. The predicted molar refractivity (Wildman–Crippen MR) is 94.4 cm³/mol. The van der Waals surface area contributed by atoms with E-state index in [1.54, 1.807) is 6.20 Å². The van der Waals surface area contributed by atoms with Crippen LogP contribution in [0.5, 0.6) is 5.75 Å². The van der Waals surface area contributed by atoms with E-state index in [4.69, 9.17) is 14.4 Å². The van der Waals surface area contributed by atoms with Gasteiger partial charge in [-0.05, 0) is 54.3 Å². The monoisotopic (exact) mass is 342 g/mol. The highest BCUT2D eigenvalue weighted by Crippen LogP contribution is 2.37. The van der Waals surface area contributed by atoms with Gasteiger partial charge >= 0.3 is 0 Å². The third-order valence-electron chi connectivity index (χ3n) is 4.77. The third kappa shape index (κ3) is 2.33. The number of aryl methyl sites for hydroxylation is 1. The molecule has 0 spiro atoms. The maximum Gasteiger partial charge on any atom is 0.181 e. The summed E-state index contributed by atoms with van der Waals surface area (Å²) in [4.78, 5) is 3.95. The minimum atomic E-state index is -0.00387. The normalized spacial score (nSPS) is 15.7. The van der Waals surface area contributed by atoms with Crippen LogP contribution in [-0.4, -0.2) is 15.2 Å². The zero-order valence-corrected chi connectivity index (χ0v) is 13.8. The highest BCUT2D eigenvalue weighted by atomic mass is 16.5. The molecule has 0 radical (unpaired) electrons. The van der Waals surface area contributed by atoms with Crippen LogP contribution in [0, 0.1) is 11.3 Å². The SMILES string of the molecule is N#Cc1ccc2c(c1)CC[C@H]2Oc1ccc2[nH]nc(-c3cnco3)c2c1. The number of hydrogen-bond donors (Lipinski definition) is 1. The number of ether oxygens (including phenoxy) is 1. The molecule has 4 aromatic rings. The number of fused-ring (bicyclic) bond motifs is 2. The largest absolute Gasteiger partial charge is 0.486 e. The lowest BCUT2D eigenvalue weighted by atomic mass is 10.1. The molecule has 1 atom stereocenters. The standard InChI is InChI=1S/C20H14N4O2/c21-9-12-1-4-15-13(7-12)2-6-18(15)26-14-3-5-17-16(8-14)20(24-23-17)19-10-22-11-25-19/h1,3-5,7-8,10-11,18H,2,6H2,(H,23,24)/t18-/m1/s1. The maximum absolute atomic E-state index is 9.05. The molecule has 6 heteroatoms. The highest BCUT2D eigenvalue weighted by Gasteiger charge is 2.24. The first kappa shape index (κ1) is 14.7. The first-order chi connectivity index (χ1) is 12.8. The number of H-pyrrole nitrogens is 1. The Kier molecular flexibility index (Phi) is 3.25. The molecule has 2 aromatic heterocycles. The van der Waals surface area contributed by atoms with Crippen LogP contribution in [0.4, 0.5) is 0 Å². The lowest BCUT2D eigenvalue weighted by Gasteiger charge is -2.15. The summed E-state index contributed by atoms with van der Waals surface area (Å²) in [6.07, 6.45) is 4.86. The molecule has 0 saturated heterocycles. The van der Waals surface area contributed by atoms with Gasteiger partial charge in [0.05, 0.1) is 23.3 Å². The predicted octanol–water partition coefficient (Wildman–Crippen LogP) is 4.16. The van der Waals surface area contributed by atoms with E-state index in [9.17, 15) is 0 Å². The second kappa shape index (κ2) is 5.74. The van der Waals surface area contributed by atoms with Crippen molar-refractivity contribution in [2.24, 2.45) is 0 Å². The van der Waals surface area contributed by atoms with Crippen molar-refractivity contribution in [1.82, 2.24) is 15.2 Å². The number of rotatable bonds is 3. The van der Waals surface area contributed by atoms with E-state index in [0.29, 0.717) is 17.0 Å². The molecule has 6 nitrogen and oxygen atoms in total. The summed E-state index contributed by atoms with van der Waals surface area (Å²) < 4.78 is 11.6. The number of aromatic nitrogens is 3. The van der Waals surface area contributed by atoms with E-state index in [0.717, 1.165) is 35.1 Å². The molecule has 0 saturated carbocycles. The van der Waals surface area contributed by atoms with Crippen molar-refractivity contribution < 1.29 is 9.15 Å². The van der Waals surface area contributed by atoms with Gasteiger partial charge in [-0.3, -0.25) is 5.10 Å². The van der Waals surface area contributed by atoms with Gasteiger partial charge in [-0.15, -0.1) is 0 Å². The zero-order valence-electron chi connectivity index (χ0n) is 13.8. The molecule has 1 N–H and O–H groups in total. The van der Waals surface area contributed by atoms with E-state index in [1.807, 2.05) is 36.4 Å². The van der Waals surface area contributed by atoms with Crippen molar-refractivity contribution in [3.8, 4) is 23.3 Å². The fraction of sp³-hybridized carbons (Fsp3) is 0.150. The molecular weight excluding hydrogens is 328 g/mol. The Bertz CT molecular complexity index is 1140. The summed E-state index contributed by atoms with van der Waals surface area (Å²) in [5.41, 5.74) is 4.68. The van der Waals surface area contributed by atoms with Crippen molar-refractivity contribution in [3.05, 3.63) is 65.7 Å². The second-order valence-corrected chi connectivity index (χ2v) is 6.32. The van der Waals surface area contributed by atoms with Crippen LogP contribution in [0.3, 0.4) is 0 Å². The van der Waals surface area contributed by atoms with Crippen LogP contribution < -0.4 is 4.74 Å². The van der Waals surface area contributed by atoms with Gasteiger partial charge in [-0.1, -0.05) is 6.07 Å². The number of nitriles is 1. The Morgan fingerprint density at radius 3 is 3.04 bits per heavy atom. The molecule has 126 valence electrons. The average molecular weight is 342 g/mol. The Morgan fingerprint density at radius 2 is 2.19 bits per heavy atom. The van der Waals surface area contributed by atoms with Gasteiger partial charge in [0.2, 0.25) is 0 Å². The summed E-state index contributed by atoms with van der Waals surface area (Å²) in [7, 11) is 0. The molecule has 0 amide bonds. The van der Waals surface area contributed by atoms with Crippen LogP contribution >= 0.6 is 0 Å². The lowest BCUT2D eigenvalue weighted by Crippen LogP contribution is -2.03. The van der Waals surface area contributed by atoms with Crippen LogP contribution in [0.2, 0.25) is 0 Å². The van der Waals surface area contributed by atoms with Crippen LogP contribution in [0.15, 0.2) is 53.4 Å². The van der Waals surface area contributed by atoms with Crippen LogP contribution in [0.25, 0.3) is 22.4 Å². The minimum Gasteiger partial charge on any atom is -0.486 e. The zero-order chi connectivity index (χ0) is 17.5. The molecule has 1 aliphatic rings. The topological polar surface area (TPSA) is 87.7 Å². The van der Waals surface area contributed by atoms with Crippen molar-refractivity contribution in [3.63, 3.8) is 0 Å². The van der Waals surface area contributed by atoms with Gasteiger partial charge in [0, 0.05) is 5.39 Å². The van der Waals surface area contributed by atoms with E-state index < -0.39 is 0 Å². The first-order valence-corrected chi connectivity index (χ1v) is 8.38. The molecule has 2 aromatic carbocycles. The van der Waals surface area contributed by atoms with Gasteiger partial charge in [0.1, 0.15) is 17.5 Å². The fourth-order valence-corrected chi connectivity index (χ4v) is 3.52. The quantitative estimate of drug-likeness (QED) is 0.604. The smallest absolute Gasteiger partial charge is 0.181 e. The number of oxazole rings is 1. The Morgan fingerprint density at radius 1 is 1.23 bits per heavy atom. The van der Waals surface area contributed by atoms with Crippen molar-refractivity contribution >= 4 is 10.9 Å². The molecular formula is C20H14N4O2. The molecule has 5 rings (SSSR count). The number of benzene rings is 2. The molecule has 0 unspecified atom stereocenters. The van der Waals surface area contributed by atoms with E-state index >= 15 is 0 Å².